The van der Waals surface area contributed by atoms with Gasteiger partial charge >= 0.3 is 0 Å². The van der Waals surface area contributed by atoms with Crippen LogP contribution in [0.4, 0.5) is 4.39 Å². The number of hydrogen-bond acceptors (Lipinski definition) is 4. The first-order valence-corrected chi connectivity index (χ1v) is 8.03. The van der Waals surface area contributed by atoms with Gasteiger partial charge < -0.3 is 5.32 Å². The second-order valence-electron chi connectivity index (χ2n) is 5.18. The summed E-state index contributed by atoms with van der Waals surface area (Å²) in [7, 11) is 0. The van der Waals surface area contributed by atoms with Gasteiger partial charge in [0.25, 0.3) is 5.91 Å². The number of carbonyl (C=O) groups excluding carboxylic acids is 3. The fraction of sp³-hybridized carbons (Fsp3) is 0.400. The Balaban J connectivity index is 2.44. The zero-order valence-electron chi connectivity index (χ0n) is 13.2. The van der Waals surface area contributed by atoms with Crippen molar-refractivity contribution < 1.29 is 18.8 Å². The molecule has 0 aliphatic rings. The van der Waals surface area contributed by atoms with Gasteiger partial charge in [-0.15, -0.1) is 11.8 Å². The Labute approximate surface area is 138 Å². The molecule has 0 unspecified atom stereocenters. The molecule has 0 saturated heterocycles. The van der Waals surface area contributed by atoms with Crippen molar-refractivity contribution in [3.05, 3.63) is 30.1 Å². The van der Waals surface area contributed by atoms with E-state index >= 15 is 0 Å². The van der Waals surface area contributed by atoms with E-state index in [-0.39, 0.29) is 17.6 Å². The van der Waals surface area contributed by atoms with E-state index in [4.69, 9.17) is 0 Å². The minimum Gasteiger partial charge on any atom is -0.344 e. The van der Waals surface area contributed by atoms with Crippen molar-refractivity contribution in [3.8, 4) is 0 Å². The zero-order valence-corrected chi connectivity index (χ0v) is 14.0. The fourth-order valence-electron chi connectivity index (χ4n) is 1.70. The van der Waals surface area contributed by atoms with Crippen LogP contribution in [0, 0.1) is 11.7 Å². The van der Waals surface area contributed by atoms with Gasteiger partial charge in [0.2, 0.25) is 11.8 Å². The molecule has 0 aromatic heterocycles. The lowest BCUT2D eigenvalue weighted by Gasteiger charge is -2.20. The van der Waals surface area contributed by atoms with Gasteiger partial charge in [0.15, 0.2) is 0 Å². The van der Waals surface area contributed by atoms with Crippen LogP contribution in [0.1, 0.15) is 20.8 Å². The first-order valence-electron chi connectivity index (χ1n) is 7.04. The Morgan fingerprint density at radius 2 is 1.83 bits per heavy atom. The predicted octanol–water partition coefficient (Wildman–Crippen LogP) is 1.23. The molecule has 0 radical (unpaired) electrons. The van der Waals surface area contributed by atoms with Gasteiger partial charge in [0.1, 0.15) is 11.9 Å². The maximum atomic E-state index is 13.4. The average Bonchev–Trinajstić information content (AvgIpc) is 2.49. The van der Waals surface area contributed by atoms with E-state index in [9.17, 15) is 18.8 Å². The molecular formula is C15H20FN3O3S. The van der Waals surface area contributed by atoms with Crippen LogP contribution in [0.2, 0.25) is 0 Å². The zero-order chi connectivity index (χ0) is 17.4. The lowest BCUT2D eigenvalue weighted by atomic mass is 10.0. The maximum Gasteiger partial charge on any atom is 0.261 e. The van der Waals surface area contributed by atoms with Crippen molar-refractivity contribution in [2.75, 3.05) is 5.75 Å². The fourth-order valence-corrected chi connectivity index (χ4v) is 2.44. The molecule has 6 nitrogen and oxygen atoms in total. The third kappa shape index (κ3) is 6.68. The topological polar surface area (TPSA) is 87.3 Å². The number of hydrazine groups is 1. The summed E-state index contributed by atoms with van der Waals surface area (Å²) < 4.78 is 13.4. The monoisotopic (exact) mass is 341 g/mol. The number of rotatable bonds is 6. The van der Waals surface area contributed by atoms with Gasteiger partial charge in [-0.25, -0.2) is 4.39 Å². The van der Waals surface area contributed by atoms with Crippen molar-refractivity contribution in [1.82, 2.24) is 16.2 Å². The number of benzene rings is 1. The normalized spacial score (nSPS) is 11.7. The number of halogens is 1. The largest absolute Gasteiger partial charge is 0.344 e. The van der Waals surface area contributed by atoms with E-state index in [0.29, 0.717) is 4.90 Å². The first kappa shape index (κ1) is 19.0. The molecule has 3 N–H and O–H groups in total. The molecule has 3 amide bonds. The molecule has 0 saturated carbocycles. The molecule has 126 valence electrons. The van der Waals surface area contributed by atoms with E-state index in [1.807, 2.05) is 0 Å². The van der Waals surface area contributed by atoms with Gasteiger partial charge in [-0.1, -0.05) is 26.0 Å². The summed E-state index contributed by atoms with van der Waals surface area (Å²) in [5.74, 6) is -1.91. The van der Waals surface area contributed by atoms with Gasteiger partial charge in [0, 0.05) is 11.8 Å². The van der Waals surface area contributed by atoms with E-state index < -0.39 is 23.7 Å². The lowest BCUT2D eigenvalue weighted by molar-refractivity contribution is -0.132. The molecule has 0 bridgehead atoms. The van der Waals surface area contributed by atoms with Crippen molar-refractivity contribution in [3.63, 3.8) is 0 Å². The number of nitrogens with one attached hydrogen (secondary N) is 3. The molecule has 1 aromatic carbocycles. The SMILES string of the molecule is CC(=O)N[C@H](C(=O)NNC(=O)CSc1ccccc1F)C(C)C. The molecule has 1 atom stereocenters. The molecule has 0 heterocycles. The van der Waals surface area contributed by atoms with Crippen LogP contribution in [-0.2, 0) is 14.4 Å². The van der Waals surface area contributed by atoms with Crippen LogP contribution < -0.4 is 16.2 Å². The Kier molecular flexibility index (Phi) is 7.53. The van der Waals surface area contributed by atoms with Gasteiger partial charge in [-0.3, -0.25) is 25.2 Å². The highest BCUT2D eigenvalue weighted by atomic mass is 32.2. The third-order valence-corrected chi connectivity index (χ3v) is 3.88. The summed E-state index contributed by atoms with van der Waals surface area (Å²) in [6.45, 7) is 4.86. The van der Waals surface area contributed by atoms with Crippen LogP contribution in [-0.4, -0.2) is 29.5 Å². The van der Waals surface area contributed by atoms with Crippen LogP contribution >= 0.6 is 11.8 Å². The van der Waals surface area contributed by atoms with Crippen molar-refractivity contribution in [1.29, 1.82) is 0 Å². The number of carbonyl (C=O) groups is 3. The molecule has 23 heavy (non-hydrogen) atoms. The first-order chi connectivity index (χ1) is 10.8. The minimum atomic E-state index is -0.743. The molecule has 0 aliphatic carbocycles. The van der Waals surface area contributed by atoms with Crippen molar-refractivity contribution in [2.24, 2.45) is 5.92 Å². The van der Waals surface area contributed by atoms with Gasteiger partial charge in [-0.2, -0.15) is 0 Å². The Bertz CT molecular complexity index is 581. The molecule has 0 aliphatic heterocycles. The van der Waals surface area contributed by atoms with Crippen LogP contribution in [0.3, 0.4) is 0 Å². The number of amides is 3. The van der Waals surface area contributed by atoms with E-state index in [2.05, 4.69) is 16.2 Å². The van der Waals surface area contributed by atoms with Crippen LogP contribution in [0.5, 0.6) is 0 Å². The molecule has 1 aromatic rings. The van der Waals surface area contributed by atoms with E-state index in [1.165, 1.54) is 13.0 Å². The smallest absolute Gasteiger partial charge is 0.261 e. The quantitative estimate of drug-likeness (QED) is 0.536. The minimum absolute atomic E-state index is 0.0479. The van der Waals surface area contributed by atoms with Gasteiger partial charge in [-0.05, 0) is 18.1 Å². The Hall–Kier alpha value is -2.09. The van der Waals surface area contributed by atoms with Crippen molar-refractivity contribution >= 4 is 29.5 Å². The summed E-state index contributed by atoms with van der Waals surface area (Å²) in [6, 6.07) is 5.37. The van der Waals surface area contributed by atoms with Crippen molar-refractivity contribution in [2.45, 2.75) is 31.7 Å². The number of thioether (sulfide) groups is 1. The van der Waals surface area contributed by atoms with Crippen LogP contribution in [0.15, 0.2) is 29.2 Å². The van der Waals surface area contributed by atoms with Crippen LogP contribution in [0.25, 0.3) is 0 Å². The summed E-state index contributed by atoms with van der Waals surface area (Å²) in [4.78, 5) is 35.1. The third-order valence-electron chi connectivity index (χ3n) is 2.83. The summed E-state index contributed by atoms with van der Waals surface area (Å²) in [6.07, 6.45) is 0. The highest BCUT2D eigenvalue weighted by molar-refractivity contribution is 8.00. The summed E-state index contributed by atoms with van der Waals surface area (Å²) >= 11 is 1.02. The summed E-state index contributed by atoms with van der Waals surface area (Å²) in [5.41, 5.74) is 4.51. The highest BCUT2D eigenvalue weighted by Crippen LogP contribution is 2.20. The maximum absolute atomic E-state index is 13.4. The second-order valence-corrected chi connectivity index (χ2v) is 6.20. The Morgan fingerprint density at radius 1 is 1.17 bits per heavy atom. The molecule has 0 fully saturated rings. The highest BCUT2D eigenvalue weighted by Gasteiger charge is 2.23. The molecule has 1 rings (SSSR count). The molecular weight excluding hydrogens is 321 g/mol. The lowest BCUT2D eigenvalue weighted by Crippen LogP contribution is -2.54. The predicted molar refractivity (Wildman–Crippen MR) is 85.9 cm³/mol. The average molecular weight is 341 g/mol. The van der Waals surface area contributed by atoms with E-state index in [1.54, 1.807) is 32.0 Å². The summed E-state index contributed by atoms with van der Waals surface area (Å²) in [5, 5.41) is 2.51. The standard InChI is InChI=1S/C15H20FN3O3S/c1-9(2)14(17-10(3)20)15(22)19-18-13(21)8-23-12-7-5-4-6-11(12)16/h4-7,9,14H,8H2,1-3H3,(H,17,20)(H,18,21)(H,19,22)/t14-/m0/s1. The molecule has 8 heteroatoms. The Morgan fingerprint density at radius 3 is 2.39 bits per heavy atom. The van der Waals surface area contributed by atoms with E-state index in [0.717, 1.165) is 11.8 Å². The second kappa shape index (κ2) is 9.14. The van der Waals surface area contributed by atoms with Gasteiger partial charge in [0.05, 0.1) is 5.75 Å². The number of hydrogen-bond donors (Lipinski definition) is 3. The molecule has 0 spiro atoms.